The number of hydrogen-bond donors (Lipinski definition) is 0. The lowest BCUT2D eigenvalue weighted by Gasteiger charge is -2.36. The van der Waals surface area contributed by atoms with Gasteiger partial charge in [0.05, 0.1) is 0 Å². The first-order valence-corrected chi connectivity index (χ1v) is 12.2. The van der Waals surface area contributed by atoms with E-state index in [1.54, 1.807) is 34.1 Å². The number of piperidine rings is 1. The Hall–Kier alpha value is -3.39. The van der Waals surface area contributed by atoms with Gasteiger partial charge in [-0.1, -0.05) is 47.1 Å². The number of nitrogens with zero attached hydrogens (tertiary/aromatic N) is 4. The van der Waals surface area contributed by atoms with Gasteiger partial charge < -0.3 is 19.1 Å². The Morgan fingerprint density at radius 2 is 1.97 bits per heavy atom. The first-order valence-electron chi connectivity index (χ1n) is 11.8. The van der Waals surface area contributed by atoms with Crippen molar-refractivity contribution in [3.8, 4) is 17.1 Å². The van der Waals surface area contributed by atoms with Crippen LogP contribution in [0.3, 0.4) is 0 Å². The smallest absolute Gasteiger partial charge is 0.261 e. The molecule has 1 atom stereocenters. The Balaban J connectivity index is 1.45. The standard InChI is InChI=1S/C26H29ClN4O4/c1-18(2)31(24(33)17-34-21-11-4-3-5-12-21)16-23(32)30-14-7-6-13-22(30)26-28-25(29-35-26)19-9-8-10-20(27)15-19/h3-5,8-12,15,18,22H,6-7,13-14,16-17H2,1-2H3. The van der Waals surface area contributed by atoms with Gasteiger partial charge in [-0.15, -0.1) is 0 Å². The summed E-state index contributed by atoms with van der Waals surface area (Å²) in [4.78, 5) is 34.1. The van der Waals surface area contributed by atoms with Crippen molar-refractivity contribution in [2.75, 3.05) is 19.7 Å². The van der Waals surface area contributed by atoms with Crippen molar-refractivity contribution >= 4 is 23.4 Å². The van der Waals surface area contributed by atoms with Gasteiger partial charge in [-0.25, -0.2) is 0 Å². The normalized spacial score (nSPS) is 15.8. The van der Waals surface area contributed by atoms with Gasteiger partial charge in [-0.3, -0.25) is 9.59 Å². The highest BCUT2D eigenvalue weighted by atomic mass is 35.5. The van der Waals surface area contributed by atoms with E-state index in [9.17, 15) is 9.59 Å². The van der Waals surface area contributed by atoms with Crippen molar-refractivity contribution in [2.24, 2.45) is 0 Å². The lowest BCUT2D eigenvalue weighted by atomic mass is 10.0. The molecule has 2 heterocycles. The highest BCUT2D eigenvalue weighted by molar-refractivity contribution is 6.30. The summed E-state index contributed by atoms with van der Waals surface area (Å²) >= 11 is 6.09. The number of carbonyl (C=O) groups is 2. The molecule has 2 aromatic carbocycles. The van der Waals surface area contributed by atoms with Crippen molar-refractivity contribution in [3.05, 3.63) is 65.5 Å². The third-order valence-corrected chi connectivity index (χ3v) is 6.22. The van der Waals surface area contributed by atoms with E-state index < -0.39 is 0 Å². The summed E-state index contributed by atoms with van der Waals surface area (Å²) < 4.78 is 11.2. The maximum atomic E-state index is 13.4. The summed E-state index contributed by atoms with van der Waals surface area (Å²) in [5.41, 5.74) is 0.746. The van der Waals surface area contributed by atoms with E-state index >= 15 is 0 Å². The molecule has 8 nitrogen and oxygen atoms in total. The van der Waals surface area contributed by atoms with Crippen molar-refractivity contribution in [1.82, 2.24) is 19.9 Å². The summed E-state index contributed by atoms with van der Waals surface area (Å²) in [5.74, 6) is 1.03. The van der Waals surface area contributed by atoms with Gasteiger partial charge >= 0.3 is 0 Å². The third-order valence-electron chi connectivity index (χ3n) is 5.99. The number of hydrogen-bond acceptors (Lipinski definition) is 6. The Bertz CT molecular complexity index is 1150. The number of aromatic nitrogens is 2. The molecule has 1 unspecified atom stereocenters. The Morgan fingerprint density at radius 3 is 2.71 bits per heavy atom. The summed E-state index contributed by atoms with van der Waals surface area (Å²) in [6.07, 6.45) is 2.54. The molecule has 0 spiro atoms. The second-order valence-corrected chi connectivity index (χ2v) is 9.22. The average molecular weight is 497 g/mol. The van der Waals surface area contributed by atoms with Gasteiger partial charge in [-0.2, -0.15) is 4.98 Å². The molecule has 1 aliphatic rings. The fourth-order valence-corrected chi connectivity index (χ4v) is 4.33. The van der Waals surface area contributed by atoms with Gasteiger partial charge in [0.15, 0.2) is 6.61 Å². The molecule has 0 radical (unpaired) electrons. The zero-order valence-corrected chi connectivity index (χ0v) is 20.6. The fourth-order valence-electron chi connectivity index (χ4n) is 4.14. The Morgan fingerprint density at radius 1 is 1.17 bits per heavy atom. The Labute approximate surface area is 209 Å². The van der Waals surface area contributed by atoms with Crippen molar-refractivity contribution in [2.45, 2.75) is 45.2 Å². The van der Waals surface area contributed by atoms with Gasteiger partial charge in [-0.05, 0) is 57.4 Å². The molecule has 9 heteroatoms. The van der Waals surface area contributed by atoms with Gasteiger partial charge in [0.2, 0.25) is 17.6 Å². The molecule has 2 amide bonds. The predicted molar refractivity (Wildman–Crippen MR) is 132 cm³/mol. The topological polar surface area (TPSA) is 88.8 Å². The molecular weight excluding hydrogens is 468 g/mol. The van der Waals surface area contributed by atoms with Crippen LogP contribution in [0.4, 0.5) is 0 Å². The van der Waals surface area contributed by atoms with Crippen LogP contribution >= 0.6 is 11.6 Å². The number of halogens is 1. The Kier molecular flexibility index (Phi) is 8.02. The largest absolute Gasteiger partial charge is 0.484 e. The minimum absolute atomic E-state index is 0.0412. The van der Waals surface area contributed by atoms with Crippen LogP contribution in [-0.2, 0) is 9.59 Å². The predicted octanol–water partition coefficient (Wildman–Crippen LogP) is 4.76. The monoisotopic (exact) mass is 496 g/mol. The molecule has 1 fully saturated rings. The van der Waals surface area contributed by atoms with Gasteiger partial charge in [0.25, 0.3) is 5.91 Å². The van der Waals surface area contributed by atoms with Crippen LogP contribution in [-0.4, -0.2) is 57.5 Å². The van der Waals surface area contributed by atoms with E-state index in [0.29, 0.717) is 29.0 Å². The zero-order valence-electron chi connectivity index (χ0n) is 19.9. The molecule has 1 aliphatic heterocycles. The summed E-state index contributed by atoms with van der Waals surface area (Å²) in [6.45, 7) is 4.17. The molecule has 184 valence electrons. The quantitative estimate of drug-likeness (QED) is 0.446. The first-order chi connectivity index (χ1) is 16.9. The number of likely N-dealkylation sites (tertiary alicyclic amines) is 1. The van der Waals surface area contributed by atoms with E-state index in [1.165, 1.54) is 0 Å². The van der Waals surface area contributed by atoms with Crippen molar-refractivity contribution in [1.29, 1.82) is 0 Å². The minimum atomic E-state index is -0.332. The average Bonchev–Trinajstić information content (AvgIpc) is 3.36. The molecular formula is C26H29ClN4O4. The molecule has 4 rings (SSSR count). The number of carbonyl (C=O) groups excluding carboxylic acids is 2. The van der Waals surface area contributed by atoms with Gasteiger partial charge in [0, 0.05) is 23.2 Å². The molecule has 35 heavy (non-hydrogen) atoms. The highest BCUT2D eigenvalue weighted by Gasteiger charge is 2.34. The van der Waals surface area contributed by atoms with Crippen LogP contribution in [0, 0.1) is 0 Å². The van der Waals surface area contributed by atoms with Gasteiger partial charge in [0.1, 0.15) is 18.3 Å². The molecule has 0 bridgehead atoms. The van der Waals surface area contributed by atoms with Crippen LogP contribution in [0.15, 0.2) is 59.1 Å². The molecule has 0 saturated carbocycles. The van der Waals surface area contributed by atoms with E-state index in [4.69, 9.17) is 20.9 Å². The number of para-hydroxylation sites is 1. The number of amides is 2. The zero-order chi connectivity index (χ0) is 24.8. The number of rotatable bonds is 8. The van der Waals surface area contributed by atoms with Crippen LogP contribution in [0.25, 0.3) is 11.4 Å². The lowest BCUT2D eigenvalue weighted by Crippen LogP contribution is -2.49. The summed E-state index contributed by atoms with van der Waals surface area (Å²) in [5, 5.41) is 4.68. The maximum absolute atomic E-state index is 13.4. The van der Waals surface area contributed by atoms with Crippen LogP contribution in [0.2, 0.25) is 5.02 Å². The third kappa shape index (κ3) is 6.19. The second kappa shape index (κ2) is 11.4. The minimum Gasteiger partial charge on any atom is -0.484 e. The first kappa shape index (κ1) is 24.7. The summed E-state index contributed by atoms with van der Waals surface area (Å²) in [6, 6.07) is 15.9. The molecule has 1 saturated heterocycles. The summed E-state index contributed by atoms with van der Waals surface area (Å²) in [7, 11) is 0. The van der Waals surface area contributed by atoms with E-state index in [-0.39, 0.29) is 37.0 Å². The number of ether oxygens (including phenoxy) is 1. The van der Waals surface area contributed by atoms with Crippen LogP contribution < -0.4 is 4.74 Å². The molecule has 0 aliphatic carbocycles. The van der Waals surface area contributed by atoms with E-state index in [0.717, 1.165) is 24.8 Å². The molecule has 0 N–H and O–H groups in total. The highest BCUT2D eigenvalue weighted by Crippen LogP contribution is 2.31. The SMILES string of the molecule is CC(C)N(CC(=O)N1CCCCC1c1nc(-c2cccc(Cl)c2)no1)C(=O)COc1ccccc1. The molecule has 1 aromatic heterocycles. The van der Waals surface area contributed by atoms with Crippen molar-refractivity contribution < 1.29 is 18.8 Å². The van der Waals surface area contributed by atoms with Crippen molar-refractivity contribution in [3.63, 3.8) is 0 Å². The van der Waals surface area contributed by atoms with Crippen LogP contribution in [0.1, 0.15) is 45.0 Å². The second-order valence-electron chi connectivity index (χ2n) is 8.78. The van der Waals surface area contributed by atoms with E-state index in [2.05, 4.69) is 10.1 Å². The molecule has 3 aromatic rings. The van der Waals surface area contributed by atoms with E-state index in [1.807, 2.05) is 44.2 Å². The maximum Gasteiger partial charge on any atom is 0.261 e. The van der Waals surface area contributed by atoms with Crippen LogP contribution in [0.5, 0.6) is 5.75 Å². The number of benzene rings is 2. The fraction of sp³-hybridized carbons (Fsp3) is 0.385. The lowest BCUT2D eigenvalue weighted by molar-refractivity contribution is -0.145.